The molecule has 1 aromatic heterocycles. The Morgan fingerprint density at radius 1 is 1.19 bits per heavy atom. The number of piperidine rings is 1. The molecule has 196 valence electrons. The average Bonchev–Trinajstić information content (AvgIpc) is 3.04. The molecule has 2 heterocycles. The van der Waals surface area contributed by atoms with Crippen molar-refractivity contribution in [2.24, 2.45) is 27.6 Å². The summed E-state index contributed by atoms with van der Waals surface area (Å²) in [6, 6.07) is 2.97. The Hall–Kier alpha value is -2.67. The zero-order valence-corrected chi connectivity index (χ0v) is 23.8. The fraction of sp³-hybridized carbons (Fsp3) is 0.654. The molecular weight excluding hydrogens is 526 g/mol. The van der Waals surface area contributed by atoms with E-state index in [0.717, 1.165) is 0 Å². The van der Waals surface area contributed by atoms with E-state index in [1.165, 1.54) is 6.20 Å². The van der Waals surface area contributed by atoms with Crippen LogP contribution in [-0.2, 0) is 9.59 Å². The van der Waals surface area contributed by atoms with Crippen molar-refractivity contribution >= 4 is 33.8 Å². The molecule has 2 aliphatic rings. The second kappa shape index (κ2) is 8.72. The molecule has 10 heteroatoms. The summed E-state index contributed by atoms with van der Waals surface area (Å²) >= 11 is 3.34. The molecule has 1 saturated heterocycles. The van der Waals surface area contributed by atoms with Crippen LogP contribution in [0.4, 0.5) is 4.79 Å². The third-order valence-corrected chi connectivity index (χ3v) is 8.83. The van der Waals surface area contributed by atoms with E-state index < -0.39 is 33.9 Å². The van der Waals surface area contributed by atoms with E-state index in [2.05, 4.69) is 37.6 Å². The predicted molar refractivity (Wildman–Crippen MR) is 138 cm³/mol. The van der Waals surface area contributed by atoms with Gasteiger partial charge in [-0.1, -0.05) is 55.4 Å². The molecule has 1 aromatic rings. The van der Waals surface area contributed by atoms with Gasteiger partial charge in [0.1, 0.15) is 11.6 Å². The van der Waals surface area contributed by atoms with Gasteiger partial charge in [0.2, 0.25) is 11.8 Å². The first-order valence-electron chi connectivity index (χ1n) is 12.0. The zero-order chi connectivity index (χ0) is 27.5. The summed E-state index contributed by atoms with van der Waals surface area (Å²) in [5.74, 6) is -0.743. The van der Waals surface area contributed by atoms with Crippen molar-refractivity contribution < 1.29 is 19.5 Å². The number of carbonyl (C=O) groups is 3. The average molecular weight is 563 g/mol. The minimum absolute atomic E-state index is 0.114. The summed E-state index contributed by atoms with van der Waals surface area (Å²) in [6.45, 7) is 15.6. The highest BCUT2D eigenvalue weighted by Gasteiger charge is 2.80. The lowest BCUT2D eigenvalue weighted by atomic mass is 9.59. The van der Waals surface area contributed by atoms with Gasteiger partial charge in [0.05, 0.1) is 11.5 Å². The number of nitrogens with one attached hydrogen (secondary N) is 2. The van der Waals surface area contributed by atoms with Crippen LogP contribution in [0.3, 0.4) is 0 Å². The van der Waals surface area contributed by atoms with Crippen LogP contribution in [0.2, 0.25) is 0 Å². The quantitative estimate of drug-likeness (QED) is 0.495. The Kier molecular flexibility index (Phi) is 6.76. The third-order valence-electron chi connectivity index (χ3n) is 8.40. The number of halogens is 1. The van der Waals surface area contributed by atoms with Crippen molar-refractivity contribution in [3.8, 4) is 6.07 Å². The van der Waals surface area contributed by atoms with Gasteiger partial charge in [-0.3, -0.25) is 14.6 Å². The number of nitrogens with zero attached hydrogens (tertiary/aromatic N) is 3. The maximum Gasteiger partial charge on any atom is 0.405 e. The van der Waals surface area contributed by atoms with Gasteiger partial charge in [0, 0.05) is 35.5 Å². The molecule has 1 aliphatic heterocycles. The van der Waals surface area contributed by atoms with Crippen molar-refractivity contribution in [2.45, 2.75) is 67.0 Å². The fourth-order valence-electron chi connectivity index (χ4n) is 6.56. The molecule has 2 fully saturated rings. The van der Waals surface area contributed by atoms with Gasteiger partial charge in [-0.15, -0.1) is 0 Å². The molecule has 3 unspecified atom stereocenters. The van der Waals surface area contributed by atoms with Crippen LogP contribution in [-0.4, -0.2) is 51.5 Å². The van der Waals surface area contributed by atoms with Gasteiger partial charge in [-0.2, -0.15) is 5.26 Å². The van der Waals surface area contributed by atoms with Gasteiger partial charge in [0.25, 0.3) is 0 Å². The van der Waals surface area contributed by atoms with Crippen molar-refractivity contribution in [3.63, 3.8) is 0 Å². The second-order valence-electron chi connectivity index (χ2n) is 12.6. The van der Waals surface area contributed by atoms with E-state index >= 15 is 0 Å². The molecule has 9 nitrogen and oxygen atoms in total. The third kappa shape index (κ3) is 4.05. The molecule has 3 N–H and O–H groups in total. The van der Waals surface area contributed by atoms with Gasteiger partial charge in [0.15, 0.2) is 0 Å². The summed E-state index contributed by atoms with van der Waals surface area (Å²) in [7, 11) is 0. The highest BCUT2D eigenvalue weighted by atomic mass is 79.9. The SMILES string of the molecule is CC(C)(C)C(NC(=O)O)(C(=O)N1CC2C(C)(C)C2(C(=O)NC(C#N)c2cncc(Br)c2)C1)C(C)(C)C. The van der Waals surface area contributed by atoms with Crippen molar-refractivity contribution in [3.05, 3.63) is 28.5 Å². The summed E-state index contributed by atoms with van der Waals surface area (Å²) in [5.41, 5.74) is -3.63. The first kappa shape index (κ1) is 27.9. The van der Waals surface area contributed by atoms with Gasteiger partial charge in [-0.05, 0) is 44.2 Å². The summed E-state index contributed by atoms with van der Waals surface area (Å²) < 4.78 is 0.696. The largest absolute Gasteiger partial charge is 0.465 e. The number of carboxylic acid groups (broad SMARTS) is 1. The monoisotopic (exact) mass is 561 g/mol. The smallest absolute Gasteiger partial charge is 0.405 e. The second-order valence-corrected chi connectivity index (χ2v) is 13.5. The Morgan fingerprint density at radius 2 is 1.78 bits per heavy atom. The molecule has 36 heavy (non-hydrogen) atoms. The van der Waals surface area contributed by atoms with Gasteiger partial charge in [-0.25, -0.2) is 4.79 Å². The first-order chi connectivity index (χ1) is 16.4. The number of carbonyl (C=O) groups excluding carboxylic acids is 2. The first-order valence-corrected chi connectivity index (χ1v) is 12.8. The normalized spacial score (nSPS) is 23.8. The number of fused-ring (bicyclic) bond motifs is 1. The van der Waals surface area contributed by atoms with Crippen LogP contribution in [0.5, 0.6) is 0 Å². The van der Waals surface area contributed by atoms with Crippen LogP contribution in [0.15, 0.2) is 22.9 Å². The van der Waals surface area contributed by atoms with Crippen LogP contribution < -0.4 is 10.6 Å². The lowest BCUT2D eigenvalue weighted by Gasteiger charge is -2.53. The van der Waals surface area contributed by atoms with E-state index in [1.807, 2.05) is 55.4 Å². The topological polar surface area (TPSA) is 135 Å². The summed E-state index contributed by atoms with van der Waals surface area (Å²) in [5, 5.41) is 24.9. The number of likely N-dealkylation sites (tertiary alicyclic amines) is 1. The van der Waals surface area contributed by atoms with Crippen LogP contribution in [0, 0.1) is 38.9 Å². The highest BCUT2D eigenvalue weighted by molar-refractivity contribution is 9.10. The Labute approximate surface area is 221 Å². The lowest BCUT2D eigenvalue weighted by Crippen LogP contribution is -2.72. The molecule has 1 aliphatic carbocycles. The van der Waals surface area contributed by atoms with Crippen molar-refractivity contribution in [2.75, 3.05) is 13.1 Å². The van der Waals surface area contributed by atoms with Crippen molar-refractivity contribution in [1.29, 1.82) is 5.26 Å². The lowest BCUT2D eigenvalue weighted by molar-refractivity contribution is -0.151. The van der Waals surface area contributed by atoms with Gasteiger partial charge >= 0.3 is 6.09 Å². The number of amides is 3. The minimum atomic E-state index is -1.43. The molecular formula is C26H36BrN5O4. The molecule has 0 aromatic carbocycles. The number of nitriles is 1. The number of hydrogen-bond donors (Lipinski definition) is 3. The molecule has 0 radical (unpaired) electrons. The highest BCUT2D eigenvalue weighted by Crippen LogP contribution is 2.72. The maximum absolute atomic E-state index is 14.2. The maximum atomic E-state index is 14.2. The van der Waals surface area contributed by atoms with E-state index in [1.54, 1.807) is 17.2 Å². The zero-order valence-electron chi connectivity index (χ0n) is 22.2. The van der Waals surface area contributed by atoms with E-state index in [4.69, 9.17) is 0 Å². The van der Waals surface area contributed by atoms with Crippen molar-refractivity contribution in [1.82, 2.24) is 20.5 Å². The van der Waals surface area contributed by atoms with Gasteiger partial charge < -0.3 is 20.6 Å². The Morgan fingerprint density at radius 3 is 2.25 bits per heavy atom. The van der Waals surface area contributed by atoms with E-state index in [-0.39, 0.29) is 29.7 Å². The van der Waals surface area contributed by atoms with Crippen LogP contribution >= 0.6 is 15.9 Å². The van der Waals surface area contributed by atoms with E-state index in [9.17, 15) is 24.8 Å². The molecule has 0 bridgehead atoms. The number of pyridine rings is 1. The fourth-order valence-corrected chi connectivity index (χ4v) is 6.94. The molecule has 1 saturated carbocycles. The summed E-state index contributed by atoms with van der Waals surface area (Å²) in [4.78, 5) is 45.5. The molecule has 0 spiro atoms. The molecule has 3 amide bonds. The number of rotatable bonds is 5. The molecule has 3 atom stereocenters. The Balaban J connectivity index is 1.94. The Bertz CT molecular complexity index is 1120. The standard InChI is InChI=1S/C26H36BrN5O4/c1-22(2,3)26(23(4,5)6,31-21(35)36)20(34)32-13-18-24(7,8)25(18,14-32)19(33)30-17(10-28)15-9-16(27)12-29-11-15/h9,11-12,17-18,31H,13-14H2,1-8H3,(H,30,33)(H,35,36). The number of aromatic nitrogens is 1. The molecule has 3 rings (SSSR count). The van der Waals surface area contributed by atoms with E-state index in [0.29, 0.717) is 16.6 Å². The number of hydrogen-bond acceptors (Lipinski definition) is 5. The minimum Gasteiger partial charge on any atom is -0.465 e. The predicted octanol–water partition coefficient (Wildman–Crippen LogP) is 4.11. The van der Waals surface area contributed by atoms with Crippen LogP contribution in [0.25, 0.3) is 0 Å². The summed E-state index contributed by atoms with van der Waals surface area (Å²) in [6.07, 6.45) is 1.86. The van der Waals surface area contributed by atoms with Crippen LogP contribution in [0.1, 0.15) is 67.0 Å².